The first-order chi connectivity index (χ1) is 6.66. The van der Waals surface area contributed by atoms with Gasteiger partial charge in [-0.05, 0) is 5.56 Å². The minimum absolute atomic E-state index is 0.272. The van der Waals surface area contributed by atoms with Crippen LogP contribution in [0.25, 0.3) is 4.85 Å². The van der Waals surface area contributed by atoms with Gasteiger partial charge in [-0.25, -0.2) is 11.4 Å². The first-order valence-corrected chi connectivity index (χ1v) is 4.31. The molecular weight excluding hydrogens is 178 g/mol. The Bertz CT molecular complexity index is 353. The Morgan fingerprint density at radius 3 is 2.43 bits per heavy atom. The summed E-state index contributed by atoms with van der Waals surface area (Å²) in [6, 6.07) is 8.24. The first-order valence-electron chi connectivity index (χ1n) is 4.31. The zero-order valence-electron chi connectivity index (χ0n) is 7.84. The monoisotopic (exact) mass is 189 g/mol. The van der Waals surface area contributed by atoms with E-state index in [0.717, 1.165) is 5.56 Å². The third kappa shape index (κ3) is 2.11. The number of benzene rings is 1. The van der Waals surface area contributed by atoms with Crippen molar-refractivity contribution >= 4 is 5.97 Å². The van der Waals surface area contributed by atoms with E-state index in [2.05, 4.69) is 4.85 Å². The smallest absolute Gasteiger partial charge is 0.388 e. The summed E-state index contributed by atoms with van der Waals surface area (Å²) in [5, 5.41) is 8.79. The molecule has 3 nitrogen and oxygen atoms in total. The molecule has 0 fully saturated rings. The third-order valence-electron chi connectivity index (χ3n) is 2.19. The highest BCUT2D eigenvalue weighted by molar-refractivity contribution is 5.76. The van der Waals surface area contributed by atoms with Crippen molar-refractivity contribution in [1.29, 1.82) is 0 Å². The van der Waals surface area contributed by atoms with Gasteiger partial charge in [0.25, 0.3) is 0 Å². The Kier molecular flexibility index (Phi) is 3.24. The summed E-state index contributed by atoms with van der Waals surface area (Å²) in [4.78, 5) is 13.8. The second-order valence-electron chi connectivity index (χ2n) is 3.11. The fourth-order valence-electron chi connectivity index (χ4n) is 1.32. The average molecular weight is 189 g/mol. The number of carboxylic acid groups (broad SMARTS) is 1. The van der Waals surface area contributed by atoms with Crippen LogP contribution in [0.1, 0.15) is 18.4 Å². The van der Waals surface area contributed by atoms with Crippen LogP contribution >= 0.6 is 0 Å². The molecule has 2 atom stereocenters. The van der Waals surface area contributed by atoms with Crippen LogP contribution in [0.4, 0.5) is 0 Å². The van der Waals surface area contributed by atoms with E-state index >= 15 is 0 Å². The molecule has 0 spiro atoms. The fraction of sp³-hybridized carbons (Fsp3) is 0.273. The lowest BCUT2D eigenvalue weighted by Gasteiger charge is -2.10. The molecular formula is C11H11NO2. The summed E-state index contributed by atoms with van der Waals surface area (Å²) in [7, 11) is 0. The fourth-order valence-corrected chi connectivity index (χ4v) is 1.32. The van der Waals surface area contributed by atoms with Crippen molar-refractivity contribution in [2.24, 2.45) is 0 Å². The van der Waals surface area contributed by atoms with E-state index in [9.17, 15) is 4.79 Å². The van der Waals surface area contributed by atoms with Gasteiger partial charge in [0.05, 0.1) is 5.92 Å². The lowest BCUT2D eigenvalue weighted by atomic mass is 9.94. The number of nitrogens with zero attached hydrogens (tertiary/aromatic N) is 1. The molecule has 1 N–H and O–H groups in total. The van der Waals surface area contributed by atoms with E-state index in [-0.39, 0.29) is 5.92 Å². The largest absolute Gasteiger partial charge is 0.475 e. The normalized spacial score (nSPS) is 14.0. The zero-order chi connectivity index (χ0) is 10.6. The molecule has 0 aliphatic rings. The molecule has 0 aromatic heterocycles. The number of rotatable bonds is 3. The quantitative estimate of drug-likeness (QED) is 0.740. The number of hydrogen-bond donors (Lipinski definition) is 1. The summed E-state index contributed by atoms with van der Waals surface area (Å²) in [5.74, 6) is -1.33. The molecule has 1 aromatic carbocycles. The van der Waals surface area contributed by atoms with Gasteiger partial charge in [-0.2, -0.15) is 0 Å². The summed E-state index contributed by atoms with van der Waals surface area (Å²) >= 11 is 0. The number of carbonyl (C=O) groups is 1. The first kappa shape index (κ1) is 10.3. The van der Waals surface area contributed by atoms with E-state index < -0.39 is 12.0 Å². The Morgan fingerprint density at radius 1 is 1.43 bits per heavy atom. The molecule has 1 rings (SSSR count). The average Bonchev–Trinajstić information content (AvgIpc) is 2.19. The van der Waals surface area contributed by atoms with Gasteiger partial charge in [0.2, 0.25) is 0 Å². The number of aliphatic carboxylic acids is 1. The lowest BCUT2D eigenvalue weighted by Crippen LogP contribution is -2.22. The van der Waals surface area contributed by atoms with Crippen molar-refractivity contribution in [3.63, 3.8) is 0 Å². The van der Waals surface area contributed by atoms with Gasteiger partial charge in [0.15, 0.2) is 0 Å². The summed E-state index contributed by atoms with van der Waals surface area (Å²) < 4.78 is 0. The summed E-state index contributed by atoms with van der Waals surface area (Å²) in [6.45, 7) is 8.57. The molecule has 0 bridgehead atoms. The Balaban J connectivity index is 2.90. The van der Waals surface area contributed by atoms with Crippen molar-refractivity contribution in [3.8, 4) is 0 Å². The maximum absolute atomic E-state index is 10.7. The predicted octanol–water partition coefficient (Wildman–Crippen LogP) is 2.16. The second kappa shape index (κ2) is 4.43. The highest BCUT2D eigenvalue weighted by atomic mass is 16.4. The van der Waals surface area contributed by atoms with Crippen LogP contribution in [0.5, 0.6) is 0 Å². The van der Waals surface area contributed by atoms with Gasteiger partial charge in [0, 0.05) is 0 Å². The van der Waals surface area contributed by atoms with Crippen LogP contribution in [-0.2, 0) is 4.79 Å². The third-order valence-corrected chi connectivity index (χ3v) is 2.19. The number of hydrogen-bond acceptors (Lipinski definition) is 1. The van der Waals surface area contributed by atoms with E-state index in [1.807, 2.05) is 30.3 Å². The van der Waals surface area contributed by atoms with Gasteiger partial charge >= 0.3 is 12.0 Å². The molecule has 0 aliphatic carbocycles. The lowest BCUT2D eigenvalue weighted by molar-refractivity contribution is -0.137. The van der Waals surface area contributed by atoms with Crippen molar-refractivity contribution in [2.45, 2.75) is 18.9 Å². The predicted molar refractivity (Wildman–Crippen MR) is 52.9 cm³/mol. The standard InChI is InChI=1S/C11H11NO2/c1-8(10(12-2)11(13)14)9-6-4-3-5-7-9/h3-8,10H,1H3,(H,13,14). The van der Waals surface area contributed by atoms with E-state index in [1.165, 1.54) is 0 Å². The zero-order valence-corrected chi connectivity index (χ0v) is 7.84. The highest BCUT2D eigenvalue weighted by Gasteiger charge is 2.30. The van der Waals surface area contributed by atoms with Crippen LogP contribution in [0, 0.1) is 6.57 Å². The molecule has 1 aromatic rings. The molecule has 14 heavy (non-hydrogen) atoms. The maximum atomic E-state index is 10.7. The van der Waals surface area contributed by atoms with Crippen molar-refractivity contribution < 1.29 is 9.90 Å². The molecule has 0 saturated heterocycles. The van der Waals surface area contributed by atoms with E-state index in [0.29, 0.717) is 0 Å². The maximum Gasteiger partial charge on any atom is 0.388 e. The van der Waals surface area contributed by atoms with Gasteiger partial charge in [-0.1, -0.05) is 37.3 Å². The summed E-state index contributed by atoms with van der Waals surface area (Å²) in [6.07, 6.45) is 0. The SMILES string of the molecule is [C-]#[N+]C(C(=O)O)C(C)c1ccccc1. The molecule has 3 heteroatoms. The Hall–Kier alpha value is -1.82. The van der Waals surface area contributed by atoms with Crippen molar-refractivity contribution in [3.05, 3.63) is 47.3 Å². The van der Waals surface area contributed by atoms with Crippen LogP contribution in [0.15, 0.2) is 30.3 Å². The molecule has 2 unspecified atom stereocenters. The molecule has 0 saturated carbocycles. The number of carboxylic acids is 1. The molecule has 0 aliphatic heterocycles. The van der Waals surface area contributed by atoms with Gasteiger partial charge < -0.3 is 9.95 Å². The van der Waals surface area contributed by atoms with E-state index in [4.69, 9.17) is 11.7 Å². The van der Waals surface area contributed by atoms with Gasteiger partial charge in [0.1, 0.15) is 0 Å². The topological polar surface area (TPSA) is 41.7 Å². The van der Waals surface area contributed by atoms with Crippen LogP contribution in [0.3, 0.4) is 0 Å². The van der Waals surface area contributed by atoms with Gasteiger partial charge in [-0.15, -0.1) is 0 Å². The van der Waals surface area contributed by atoms with Crippen LogP contribution in [-0.4, -0.2) is 17.1 Å². The molecule has 72 valence electrons. The van der Waals surface area contributed by atoms with Crippen LogP contribution in [0.2, 0.25) is 0 Å². The van der Waals surface area contributed by atoms with Crippen LogP contribution < -0.4 is 0 Å². The second-order valence-corrected chi connectivity index (χ2v) is 3.11. The summed E-state index contributed by atoms with van der Waals surface area (Å²) in [5.41, 5.74) is 0.885. The highest BCUT2D eigenvalue weighted by Crippen LogP contribution is 2.21. The van der Waals surface area contributed by atoms with Crippen molar-refractivity contribution in [1.82, 2.24) is 0 Å². The molecule has 0 radical (unpaired) electrons. The Morgan fingerprint density at radius 2 is 2.00 bits per heavy atom. The molecule has 0 amide bonds. The van der Waals surface area contributed by atoms with Crippen molar-refractivity contribution in [2.75, 3.05) is 0 Å². The minimum Gasteiger partial charge on any atom is -0.475 e. The van der Waals surface area contributed by atoms with Gasteiger partial charge in [-0.3, -0.25) is 0 Å². The molecule has 0 heterocycles. The minimum atomic E-state index is -1.06. The Labute approximate surface area is 82.8 Å². The van der Waals surface area contributed by atoms with E-state index in [1.54, 1.807) is 6.92 Å².